The first-order valence-electron chi connectivity index (χ1n) is 13.1. The van der Waals surface area contributed by atoms with Crippen LogP contribution >= 0.6 is 0 Å². The first kappa shape index (κ1) is 28.0. The minimum Gasteiger partial charge on any atom is -0.494 e. The number of Topliss-reactive ketones (excluding diaryl/α,β-unsaturated/α-hetero) is 1. The molecule has 2 aliphatic heterocycles. The average Bonchev–Trinajstić information content (AvgIpc) is 3.25. The van der Waals surface area contributed by atoms with Gasteiger partial charge in [-0.2, -0.15) is 0 Å². The Labute approximate surface area is 226 Å². The minimum atomic E-state index is -0.692. The normalized spacial score (nSPS) is 18.2. The van der Waals surface area contributed by atoms with Crippen molar-refractivity contribution in [3.05, 3.63) is 59.7 Å². The summed E-state index contributed by atoms with van der Waals surface area (Å²) in [5.74, 6) is -1.46. The van der Waals surface area contributed by atoms with Crippen molar-refractivity contribution < 1.29 is 38.2 Å². The highest BCUT2D eigenvalue weighted by Gasteiger charge is 2.44. The predicted octanol–water partition coefficient (Wildman–Crippen LogP) is 3.03. The molecule has 2 heterocycles. The Morgan fingerprint density at radius 3 is 2.10 bits per heavy atom. The van der Waals surface area contributed by atoms with E-state index in [4.69, 9.17) is 14.2 Å². The number of hydrogen-bond acceptors (Lipinski definition) is 9. The first-order chi connectivity index (χ1) is 18.8. The Hall–Kier alpha value is -4.05. The molecule has 0 radical (unpaired) electrons. The van der Waals surface area contributed by atoms with Crippen LogP contribution in [0.15, 0.2) is 48.5 Å². The topological polar surface area (TPSA) is 120 Å². The van der Waals surface area contributed by atoms with Crippen LogP contribution in [0.1, 0.15) is 53.8 Å². The number of likely N-dealkylation sites (tertiary alicyclic amines) is 1. The van der Waals surface area contributed by atoms with E-state index in [1.54, 1.807) is 31.2 Å². The van der Waals surface area contributed by atoms with Gasteiger partial charge in [-0.3, -0.25) is 24.1 Å². The fourth-order valence-corrected chi connectivity index (χ4v) is 4.83. The fourth-order valence-electron chi connectivity index (χ4n) is 4.83. The molecule has 1 atom stereocenters. The molecule has 0 N–H and O–H groups in total. The van der Waals surface area contributed by atoms with E-state index in [9.17, 15) is 24.0 Å². The Kier molecular flexibility index (Phi) is 9.08. The maximum absolute atomic E-state index is 13.2. The van der Waals surface area contributed by atoms with Crippen LogP contribution in [0, 0.1) is 5.92 Å². The standard InChI is InChI=1S/C29H32N2O8/c1-3-37-23-11-7-19(8-12-23)25(32)18-39-29(36)20-5-9-22(10-6-20)31-26(33)17-24(27(31)34)30-15-13-21(14-16-30)28(35)38-4-2/h5-12,21,24H,3-4,13-18H2,1-2H3. The van der Waals surface area contributed by atoms with Crippen LogP contribution in [0.3, 0.4) is 0 Å². The summed E-state index contributed by atoms with van der Waals surface area (Å²) in [4.78, 5) is 65.8. The van der Waals surface area contributed by atoms with Crippen molar-refractivity contribution in [2.75, 3.05) is 37.8 Å². The summed E-state index contributed by atoms with van der Waals surface area (Å²) < 4.78 is 15.6. The lowest BCUT2D eigenvalue weighted by Crippen LogP contribution is -2.47. The molecule has 0 aromatic heterocycles. The maximum Gasteiger partial charge on any atom is 0.338 e. The van der Waals surface area contributed by atoms with Crippen LogP contribution in [0.25, 0.3) is 0 Å². The molecule has 10 heteroatoms. The molecule has 0 aliphatic carbocycles. The number of anilines is 1. The summed E-state index contributed by atoms with van der Waals surface area (Å²) in [5, 5.41) is 0. The number of ketones is 1. The van der Waals surface area contributed by atoms with E-state index in [2.05, 4.69) is 0 Å². The molecular weight excluding hydrogens is 504 g/mol. The average molecular weight is 537 g/mol. The van der Waals surface area contributed by atoms with Gasteiger partial charge in [-0.25, -0.2) is 9.69 Å². The summed E-state index contributed by atoms with van der Waals surface area (Å²) in [6.45, 7) is 5.12. The SMILES string of the molecule is CCOC(=O)C1CCN(C2CC(=O)N(c3ccc(C(=O)OCC(=O)c4ccc(OCC)cc4)cc3)C2=O)CC1. The largest absolute Gasteiger partial charge is 0.494 e. The van der Waals surface area contributed by atoms with E-state index < -0.39 is 18.6 Å². The fraction of sp³-hybridized carbons (Fsp3) is 0.414. The van der Waals surface area contributed by atoms with Gasteiger partial charge in [-0.05, 0) is 88.3 Å². The van der Waals surface area contributed by atoms with Crippen LogP contribution < -0.4 is 9.64 Å². The zero-order chi connectivity index (χ0) is 27.9. The minimum absolute atomic E-state index is 0.0559. The van der Waals surface area contributed by atoms with Gasteiger partial charge in [0.15, 0.2) is 12.4 Å². The summed E-state index contributed by atoms with van der Waals surface area (Å²) in [7, 11) is 0. The molecular formula is C29H32N2O8. The van der Waals surface area contributed by atoms with Crippen LogP contribution in [0.4, 0.5) is 5.69 Å². The Morgan fingerprint density at radius 2 is 1.49 bits per heavy atom. The molecule has 206 valence electrons. The number of esters is 2. The summed E-state index contributed by atoms with van der Waals surface area (Å²) in [6.07, 6.45) is 1.21. The van der Waals surface area contributed by atoms with Gasteiger partial charge in [-0.1, -0.05) is 0 Å². The number of hydrogen-bond donors (Lipinski definition) is 0. The first-order valence-corrected chi connectivity index (χ1v) is 13.1. The van der Waals surface area contributed by atoms with E-state index in [0.29, 0.717) is 56.1 Å². The number of carbonyl (C=O) groups excluding carboxylic acids is 5. The predicted molar refractivity (Wildman–Crippen MR) is 140 cm³/mol. The molecule has 0 spiro atoms. The summed E-state index contributed by atoms with van der Waals surface area (Å²) in [6, 6.07) is 11.9. The van der Waals surface area contributed by atoms with Gasteiger partial charge in [0.05, 0.1) is 42.8 Å². The van der Waals surface area contributed by atoms with Gasteiger partial charge in [0.25, 0.3) is 5.91 Å². The third-order valence-electron chi connectivity index (χ3n) is 6.90. The number of ether oxygens (including phenoxy) is 3. The molecule has 2 fully saturated rings. The van der Waals surface area contributed by atoms with Crippen molar-refractivity contribution in [3.63, 3.8) is 0 Å². The molecule has 2 amide bonds. The molecule has 10 nitrogen and oxygen atoms in total. The van der Waals surface area contributed by atoms with Crippen molar-refractivity contribution in [2.24, 2.45) is 5.92 Å². The van der Waals surface area contributed by atoms with Gasteiger partial charge >= 0.3 is 11.9 Å². The molecule has 4 rings (SSSR count). The van der Waals surface area contributed by atoms with E-state index >= 15 is 0 Å². The van der Waals surface area contributed by atoms with E-state index in [0.717, 1.165) is 4.90 Å². The lowest BCUT2D eigenvalue weighted by Gasteiger charge is -2.33. The number of piperidine rings is 1. The quantitative estimate of drug-likeness (QED) is 0.256. The third-order valence-corrected chi connectivity index (χ3v) is 6.90. The molecule has 39 heavy (non-hydrogen) atoms. The number of imide groups is 1. The van der Waals surface area contributed by atoms with Crippen LogP contribution in [-0.2, 0) is 23.9 Å². The monoisotopic (exact) mass is 536 g/mol. The van der Waals surface area contributed by atoms with Crippen molar-refractivity contribution in [1.29, 1.82) is 0 Å². The zero-order valence-electron chi connectivity index (χ0n) is 22.1. The second-order valence-corrected chi connectivity index (χ2v) is 9.35. The van der Waals surface area contributed by atoms with Crippen molar-refractivity contribution in [3.8, 4) is 5.75 Å². The van der Waals surface area contributed by atoms with Gasteiger partial charge in [-0.15, -0.1) is 0 Å². The van der Waals surface area contributed by atoms with Gasteiger partial charge < -0.3 is 14.2 Å². The number of benzene rings is 2. The molecule has 1 unspecified atom stereocenters. The maximum atomic E-state index is 13.2. The smallest absolute Gasteiger partial charge is 0.338 e. The highest BCUT2D eigenvalue weighted by molar-refractivity contribution is 6.22. The highest BCUT2D eigenvalue weighted by atomic mass is 16.5. The summed E-state index contributed by atoms with van der Waals surface area (Å²) in [5.41, 5.74) is 0.943. The molecule has 0 bridgehead atoms. The van der Waals surface area contributed by atoms with E-state index in [-0.39, 0.29) is 41.5 Å². The summed E-state index contributed by atoms with van der Waals surface area (Å²) >= 11 is 0. The number of rotatable bonds is 10. The Balaban J connectivity index is 1.31. The van der Waals surface area contributed by atoms with Crippen LogP contribution in [0.5, 0.6) is 5.75 Å². The van der Waals surface area contributed by atoms with Gasteiger partial charge in [0.1, 0.15) is 5.75 Å². The van der Waals surface area contributed by atoms with Crippen LogP contribution in [0.2, 0.25) is 0 Å². The lowest BCUT2D eigenvalue weighted by atomic mass is 9.95. The molecule has 2 aromatic carbocycles. The molecule has 2 aliphatic rings. The van der Waals surface area contributed by atoms with Crippen molar-refractivity contribution in [1.82, 2.24) is 4.90 Å². The third kappa shape index (κ3) is 6.51. The number of carbonyl (C=O) groups is 5. The van der Waals surface area contributed by atoms with Crippen molar-refractivity contribution >= 4 is 35.2 Å². The molecule has 0 saturated carbocycles. The van der Waals surface area contributed by atoms with Gasteiger partial charge in [0, 0.05) is 5.56 Å². The van der Waals surface area contributed by atoms with E-state index in [1.165, 1.54) is 24.3 Å². The zero-order valence-corrected chi connectivity index (χ0v) is 22.1. The highest BCUT2D eigenvalue weighted by Crippen LogP contribution is 2.29. The Bertz CT molecular complexity index is 1220. The molecule has 2 saturated heterocycles. The van der Waals surface area contributed by atoms with Crippen molar-refractivity contribution in [2.45, 2.75) is 39.2 Å². The van der Waals surface area contributed by atoms with E-state index in [1.807, 2.05) is 11.8 Å². The Morgan fingerprint density at radius 1 is 0.846 bits per heavy atom. The second-order valence-electron chi connectivity index (χ2n) is 9.35. The van der Waals surface area contributed by atoms with Gasteiger partial charge in [0.2, 0.25) is 5.91 Å². The van der Waals surface area contributed by atoms with Crippen LogP contribution in [-0.4, -0.2) is 73.4 Å². The molecule has 2 aromatic rings. The number of amides is 2. The number of nitrogens with zero attached hydrogens (tertiary/aromatic N) is 2. The lowest BCUT2D eigenvalue weighted by molar-refractivity contribution is -0.149. The second kappa shape index (κ2) is 12.7.